The highest BCUT2D eigenvalue weighted by Gasteiger charge is 2.36. The molecule has 2 heterocycles. The van der Waals surface area contributed by atoms with Gasteiger partial charge in [0.15, 0.2) is 0 Å². The lowest BCUT2D eigenvalue weighted by Crippen LogP contribution is -2.42. The number of furan rings is 1. The smallest absolute Gasteiger partial charge is 0.326 e. The molecular formula is C16H17NO4. The van der Waals surface area contributed by atoms with Crippen molar-refractivity contribution in [2.75, 3.05) is 6.54 Å². The monoisotopic (exact) mass is 287 g/mol. The van der Waals surface area contributed by atoms with Gasteiger partial charge in [0, 0.05) is 11.9 Å². The van der Waals surface area contributed by atoms with Crippen LogP contribution in [-0.4, -0.2) is 34.5 Å². The molecule has 5 nitrogen and oxygen atoms in total. The second kappa shape index (κ2) is 5.24. The van der Waals surface area contributed by atoms with E-state index < -0.39 is 17.9 Å². The number of hydrogen-bond acceptors (Lipinski definition) is 3. The molecule has 1 aromatic carbocycles. The van der Waals surface area contributed by atoms with Crippen molar-refractivity contribution in [1.82, 2.24) is 4.90 Å². The topological polar surface area (TPSA) is 70.8 Å². The lowest BCUT2D eigenvalue weighted by atomic mass is 10.1. The van der Waals surface area contributed by atoms with Crippen molar-refractivity contribution in [2.24, 2.45) is 0 Å². The molecule has 110 valence electrons. The minimum absolute atomic E-state index is 0.182. The molecule has 3 rings (SSSR count). The van der Waals surface area contributed by atoms with E-state index in [1.165, 1.54) is 4.90 Å². The third kappa shape index (κ3) is 2.39. The van der Waals surface area contributed by atoms with Crippen molar-refractivity contribution in [2.45, 2.75) is 31.7 Å². The fraction of sp³-hybridized carbons (Fsp3) is 0.375. The Hall–Kier alpha value is -2.30. The minimum atomic E-state index is -0.933. The second-order valence-corrected chi connectivity index (χ2v) is 5.44. The van der Waals surface area contributed by atoms with E-state index in [9.17, 15) is 14.7 Å². The molecule has 0 saturated carbocycles. The maximum atomic E-state index is 12.5. The summed E-state index contributed by atoms with van der Waals surface area (Å²) in [5.41, 5.74) is 0.739. The van der Waals surface area contributed by atoms with Gasteiger partial charge in [-0.15, -0.1) is 0 Å². The summed E-state index contributed by atoms with van der Waals surface area (Å²) in [6.07, 6.45) is 1.25. The molecule has 1 fully saturated rings. The van der Waals surface area contributed by atoms with Crippen molar-refractivity contribution in [1.29, 1.82) is 0 Å². The lowest BCUT2D eigenvalue weighted by Gasteiger charge is -2.24. The summed E-state index contributed by atoms with van der Waals surface area (Å²) in [4.78, 5) is 25.2. The molecule has 5 heteroatoms. The third-order valence-corrected chi connectivity index (χ3v) is 4.06. The number of hydrogen-bond donors (Lipinski definition) is 1. The fourth-order valence-corrected chi connectivity index (χ4v) is 2.87. The number of rotatable bonds is 3. The van der Waals surface area contributed by atoms with E-state index in [4.69, 9.17) is 4.42 Å². The summed E-state index contributed by atoms with van der Waals surface area (Å²) in [7, 11) is 0. The number of likely N-dealkylation sites (tertiary alicyclic amines) is 1. The number of carbonyl (C=O) groups excluding carboxylic acids is 1. The van der Waals surface area contributed by atoms with E-state index in [-0.39, 0.29) is 5.91 Å². The zero-order chi connectivity index (χ0) is 15.0. The number of carbonyl (C=O) groups is 2. The normalized spacial score (nSPS) is 19.9. The van der Waals surface area contributed by atoms with Crippen LogP contribution in [0.4, 0.5) is 0 Å². The van der Waals surface area contributed by atoms with E-state index in [1.54, 1.807) is 6.92 Å². The van der Waals surface area contributed by atoms with Gasteiger partial charge in [0.1, 0.15) is 17.4 Å². The molecule has 21 heavy (non-hydrogen) atoms. The molecule has 1 aliphatic heterocycles. The van der Waals surface area contributed by atoms with Crippen LogP contribution in [0.3, 0.4) is 0 Å². The highest BCUT2D eigenvalue weighted by Crippen LogP contribution is 2.28. The van der Waals surface area contributed by atoms with Crippen molar-refractivity contribution in [3.8, 4) is 0 Å². The molecule has 2 atom stereocenters. The van der Waals surface area contributed by atoms with Crippen molar-refractivity contribution < 1.29 is 19.1 Å². The summed E-state index contributed by atoms with van der Waals surface area (Å²) in [6, 6.07) is 8.72. The molecular weight excluding hydrogens is 270 g/mol. The first-order valence-corrected chi connectivity index (χ1v) is 7.09. The summed E-state index contributed by atoms with van der Waals surface area (Å²) >= 11 is 0. The first-order chi connectivity index (χ1) is 10.1. The maximum absolute atomic E-state index is 12.5. The van der Waals surface area contributed by atoms with Gasteiger partial charge in [-0.1, -0.05) is 18.2 Å². The highest BCUT2D eigenvalue weighted by molar-refractivity contribution is 5.89. The molecule has 2 aromatic rings. The van der Waals surface area contributed by atoms with E-state index in [2.05, 4.69) is 0 Å². The second-order valence-electron chi connectivity index (χ2n) is 5.44. The largest absolute Gasteiger partial charge is 0.480 e. The highest BCUT2D eigenvalue weighted by atomic mass is 16.4. The van der Waals surface area contributed by atoms with Crippen LogP contribution >= 0.6 is 0 Å². The van der Waals surface area contributed by atoms with Gasteiger partial charge in [-0.3, -0.25) is 4.79 Å². The van der Waals surface area contributed by atoms with Crippen LogP contribution < -0.4 is 0 Å². The number of benzene rings is 1. The number of carboxylic acids is 1. The van der Waals surface area contributed by atoms with E-state index in [0.717, 1.165) is 17.4 Å². The van der Waals surface area contributed by atoms with Crippen molar-refractivity contribution in [3.05, 3.63) is 36.1 Å². The average molecular weight is 287 g/mol. The quantitative estimate of drug-likeness (QED) is 0.942. The van der Waals surface area contributed by atoms with Gasteiger partial charge in [-0.2, -0.15) is 0 Å². The van der Waals surface area contributed by atoms with E-state index in [1.807, 2.05) is 30.3 Å². The SMILES string of the molecule is C[C@H](C(=O)N1CCC[C@H]1C(=O)O)c1cc2ccccc2o1. The zero-order valence-electron chi connectivity index (χ0n) is 11.8. The van der Waals surface area contributed by atoms with Gasteiger partial charge in [-0.25, -0.2) is 4.79 Å². The first kappa shape index (κ1) is 13.7. The number of amides is 1. The summed E-state index contributed by atoms with van der Waals surface area (Å²) < 4.78 is 5.71. The Morgan fingerprint density at radius 2 is 2.14 bits per heavy atom. The van der Waals surface area contributed by atoms with Crippen molar-refractivity contribution >= 4 is 22.8 Å². The van der Waals surface area contributed by atoms with Crippen LogP contribution in [-0.2, 0) is 9.59 Å². The molecule has 0 unspecified atom stereocenters. The fourth-order valence-electron chi connectivity index (χ4n) is 2.87. The molecule has 0 bridgehead atoms. The first-order valence-electron chi connectivity index (χ1n) is 7.09. The Kier molecular flexibility index (Phi) is 3.41. The van der Waals surface area contributed by atoms with Gasteiger partial charge in [0.25, 0.3) is 0 Å². The zero-order valence-corrected chi connectivity index (χ0v) is 11.8. The van der Waals surface area contributed by atoms with Gasteiger partial charge in [-0.05, 0) is 31.9 Å². The van der Waals surface area contributed by atoms with Crippen molar-refractivity contribution in [3.63, 3.8) is 0 Å². The number of carboxylic acid groups (broad SMARTS) is 1. The van der Waals surface area contributed by atoms with Crippen LogP contribution in [0, 0.1) is 0 Å². The molecule has 1 amide bonds. The summed E-state index contributed by atoms with van der Waals surface area (Å²) in [5.74, 6) is -1.01. The predicted molar refractivity (Wildman–Crippen MR) is 77.0 cm³/mol. The summed E-state index contributed by atoms with van der Waals surface area (Å²) in [5, 5.41) is 10.1. The molecule has 0 aliphatic carbocycles. The Labute approximate surface area is 122 Å². The predicted octanol–water partition coefficient (Wildman–Crippen LogP) is 2.61. The average Bonchev–Trinajstić information content (AvgIpc) is 3.11. The van der Waals surface area contributed by atoms with Gasteiger partial charge >= 0.3 is 5.97 Å². The number of aliphatic carboxylic acids is 1. The Balaban J connectivity index is 1.85. The molecule has 1 saturated heterocycles. The summed E-state index contributed by atoms with van der Waals surface area (Å²) in [6.45, 7) is 2.26. The minimum Gasteiger partial charge on any atom is -0.480 e. The Morgan fingerprint density at radius 3 is 2.86 bits per heavy atom. The molecule has 1 aromatic heterocycles. The van der Waals surface area contributed by atoms with Crippen LogP contribution in [0.15, 0.2) is 34.7 Å². The van der Waals surface area contributed by atoms with E-state index in [0.29, 0.717) is 18.7 Å². The number of fused-ring (bicyclic) bond motifs is 1. The van der Waals surface area contributed by atoms with Crippen LogP contribution in [0.2, 0.25) is 0 Å². The van der Waals surface area contributed by atoms with Gasteiger partial charge in [0.05, 0.1) is 5.92 Å². The van der Waals surface area contributed by atoms with Crippen LogP contribution in [0.5, 0.6) is 0 Å². The maximum Gasteiger partial charge on any atom is 0.326 e. The lowest BCUT2D eigenvalue weighted by molar-refractivity contribution is -0.148. The third-order valence-electron chi connectivity index (χ3n) is 4.06. The van der Waals surface area contributed by atoms with Gasteiger partial charge < -0.3 is 14.4 Å². The van der Waals surface area contributed by atoms with Gasteiger partial charge in [0.2, 0.25) is 5.91 Å². The molecule has 0 radical (unpaired) electrons. The van der Waals surface area contributed by atoms with E-state index >= 15 is 0 Å². The molecule has 0 spiro atoms. The van der Waals surface area contributed by atoms with Crippen LogP contribution in [0.25, 0.3) is 11.0 Å². The number of para-hydroxylation sites is 1. The Morgan fingerprint density at radius 1 is 1.38 bits per heavy atom. The van der Waals surface area contributed by atoms with Crippen LogP contribution in [0.1, 0.15) is 31.4 Å². The Bertz CT molecular complexity index is 657. The standard InChI is InChI=1S/C16H17NO4/c1-10(14-9-11-5-2-3-7-13(11)21-14)15(18)17-8-4-6-12(17)16(19)20/h2-3,5,7,9-10,12H,4,6,8H2,1H3,(H,19,20)/t10-,12-/m0/s1. The molecule has 1 aliphatic rings. The molecule has 1 N–H and O–H groups in total. The number of nitrogens with zero attached hydrogens (tertiary/aromatic N) is 1.